The maximum atomic E-state index is 13.0. The fourth-order valence-electron chi connectivity index (χ4n) is 3.51. The standard InChI is InChI=1S/C17H22N4O4S/c1-2-18-16(23)19-9-7-17(8-10-19)20(11-12-26-17)15(22)13-3-5-14(6-4-13)21(24)25/h3-6H,2,7-12H2,1H3,(H,18,23). The molecule has 0 aliphatic carbocycles. The number of carbonyl (C=O) groups excluding carboxylic acids is 2. The van der Waals surface area contributed by atoms with Gasteiger partial charge in [0.05, 0.1) is 9.79 Å². The first-order chi connectivity index (χ1) is 12.5. The third kappa shape index (κ3) is 3.48. The van der Waals surface area contributed by atoms with Gasteiger partial charge in [-0.1, -0.05) is 0 Å². The molecule has 0 atom stereocenters. The van der Waals surface area contributed by atoms with Crippen LogP contribution in [0.4, 0.5) is 10.5 Å². The fraction of sp³-hybridized carbons (Fsp3) is 0.529. The van der Waals surface area contributed by atoms with E-state index in [1.807, 2.05) is 11.8 Å². The maximum absolute atomic E-state index is 13.0. The summed E-state index contributed by atoms with van der Waals surface area (Å²) in [5, 5.41) is 13.6. The number of hydrogen-bond donors (Lipinski definition) is 1. The number of nitrogens with zero attached hydrogens (tertiary/aromatic N) is 3. The van der Waals surface area contributed by atoms with Crippen molar-refractivity contribution in [2.24, 2.45) is 0 Å². The Morgan fingerprint density at radius 3 is 2.46 bits per heavy atom. The van der Waals surface area contributed by atoms with Crippen molar-refractivity contribution >= 4 is 29.4 Å². The summed E-state index contributed by atoms with van der Waals surface area (Å²) < 4.78 is 0. The number of urea groups is 1. The summed E-state index contributed by atoms with van der Waals surface area (Å²) in [4.78, 5) is 38.7. The van der Waals surface area contributed by atoms with Crippen LogP contribution in [0, 0.1) is 10.1 Å². The first-order valence-corrected chi connectivity index (χ1v) is 9.68. The van der Waals surface area contributed by atoms with Crippen LogP contribution in [0.25, 0.3) is 0 Å². The Morgan fingerprint density at radius 1 is 1.23 bits per heavy atom. The number of amides is 3. The number of piperidine rings is 1. The number of thioether (sulfide) groups is 1. The number of benzene rings is 1. The molecule has 0 radical (unpaired) electrons. The molecule has 0 saturated carbocycles. The molecule has 1 aromatic rings. The molecule has 1 N–H and O–H groups in total. The van der Waals surface area contributed by atoms with E-state index >= 15 is 0 Å². The van der Waals surface area contributed by atoms with Crippen LogP contribution < -0.4 is 5.32 Å². The maximum Gasteiger partial charge on any atom is 0.317 e. The SMILES string of the molecule is CCNC(=O)N1CCC2(CC1)SCCN2C(=O)c1ccc([N+](=O)[O-])cc1. The second-order valence-corrected chi connectivity index (χ2v) is 7.83. The zero-order valence-corrected chi connectivity index (χ0v) is 15.5. The molecule has 9 heteroatoms. The van der Waals surface area contributed by atoms with Gasteiger partial charge in [-0.05, 0) is 31.9 Å². The molecule has 0 bridgehead atoms. The van der Waals surface area contributed by atoms with Gasteiger partial charge in [0.25, 0.3) is 11.6 Å². The molecule has 2 fully saturated rings. The third-order valence-electron chi connectivity index (χ3n) is 4.91. The molecule has 3 amide bonds. The number of nitrogens with one attached hydrogen (secondary N) is 1. The molecule has 2 heterocycles. The molecule has 2 saturated heterocycles. The van der Waals surface area contributed by atoms with Crippen molar-refractivity contribution < 1.29 is 14.5 Å². The molecule has 140 valence electrons. The summed E-state index contributed by atoms with van der Waals surface area (Å²) in [6.45, 7) is 4.37. The molecule has 1 spiro atoms. The number of nitro groups is 1. The van der Waals surface area contributed by atoms with Crippen LogP contribution in [0.3, 0.4) is 0 Å². The number of rotatable bonds is 3. The van der Waals surface area contributed by atoms with Crippen LogP contribution in [-0.2, 0) is 0 Å². The quantitative estimate of drug-likeness (QED) is 0.643. The van der Waals surface area contributed by atoms with Crippen LogP contribution in [-0.4, -0.2) is 63.5 Å². The molecule has 0 aromatic heterocycles. The van der Waals surface area contributed by atoms with E-state index in [0.717, 1.165) is 18.6 Å². The van der Waals surface area contributed by atoms with E-state index in [4.69, 9.17) is 0 Å². The smallest absolute Gasteiger partial charge is 0.317 e. The van der Waals surface area contributed by atoms with Gasteiger partial charge in [0.1, 0.15) is 0 Å². The van der Waals surface area contributed by atoms with Crippen LogP contribution >= 0.6 is 11.8 Å². The first-order valence-electron chi connectivity index (χ1n) is 8.70. The topological polar surface area (TPSA) is 95.8 Å². The largest absolute Gasteiger partial charge is 0.338 e. The Morgan fingerprint density at radius 2 is 1.88 bits per heavy atom. The van der Waals surface area contributed by atoms with E-state index in [-0.39, 0.29) is 22.5 Å². The van der Waals surface area contributed by atoms with Gasteiger partial charge in [-0.15, -0.1) is 11.8 Å². The number of hydrogen-bond acceptors (Lipinski definition) is 5. The van der Waals surface area contributed by atoms with E-state index < -0.39 is 4.92 Å². The molecule has 2 aliphatic heterocycles. The summed E-state index contributed by atoms with van der Waals surface area (Å²) in [5.74, 6) is 0.760. The van der Waals surface area contributed by atoms with Crippen LogP contribution in [0.1, 0.15) is 30.1 Å². The van der Waals surface area contributed by atoms with Crippen molar-refractivity contribution in [3.8, 4) is 0 Å². The van der Waals surface area contributed by atoms with E-state index in [2.05, 4.69) is 5.32 Å². The highest BCUT2D eigenvalue weighted by Gasteiger charge is 2.47. The minimum atomic E-state index is -0.474. The Balaban J connectivity index is 1.71. The van der Waals surface area contributed by atoms with E-state index in [1.54, 1.807) is 16.7 Å². The monoisotopic (exact) mass is 378 g/mol. The lowest BCUT2D eigenvalue weighted by Gasteiger charge is -2.44. The average Bonchev–Trinajstić information content (AvgIpc) is 3.05. The van der Waals surface area contributed by atoms with E-state index in [9.17, 15) is 19.7 Å². The number of nitro benzene ring substituents is 1. The molecule has 26 heavy (non-hydrogen) atoms. The zero-order valence-electron chi connectivity index (χ0n) is 14.6. The summed E-state index contributed by atoms with van der Waals surface area (Å²) >= 11 is 1.77. The predicted octanol–water partition coefficient (Wildman–Crippen LogP) is 2.31. The molecule has 8 nitrogen and oxygen atoms in total. The highest BCUT2D eigenvalue weighted by Crippen LogP contribution is 2.44. The van der Waals surface area contributed by atoms with Crippen molar-refractivity contribution in [2.45, 2.75) is 24.6 Å². The Hall–Kier alpha value is -2.29. The molecular weight excluding hydrogens is 356 g/mol. The van der Waals surface area contributed by atoms with Gasteiger partial charge >= 0.3 is 6.03 Å². The molecule has 2 aliphatic rings. The highest BCUT2D eigenvalue weighted by atomic mass is 32.2. The van der Waals surface area contributed by atoms with E-state index in [1.165, 1.54) is 24.3 Å². The fourth-order valence-corrected chi connectivity index (χ4v) is 4.97. The van der Waals surface area contributed by atoms with Crippen molar-refractivity contribution in [1.29, 1.82) is 0 Å². The van der Waals surface area contributed by atoms with Crippen molar-refractivity contribution in [2.75, 3.05) is 31.9 Å². The lowest BCUT2D eigenvalue weighted by atomic mass is 10.0. The Bertz CT molecular complexity index is 701. The number of likely N-dealkylation sites (tertiary alicyclic amines) is 1. The molecular formula is C17H22N4O4S. The van der Waals surface area contributed by atoms with Gasteiger partial charge in [0.2, 0.25) is 0 Å². The second-order valence-electron chi connectivity index (χ2n) is 6.38. The summed E-state index contributed by atoms with van der Waals surface area (Å²) in [5.41, 5.74) is 0.436. The van der Waals surface area contributed by atoms with Crippen LogP contribution in [0.2, 0.25) is 0 Å². The van der Waals surface area contributed by atoms with Crippen LogP contribution in [0.15, 0.2) is 24.3 Å². The Kier molecular flexibility index (Phi) is 5.36. The predicted molar refractivity (Wildman–Crippen MR) is 99.2 cm³/mol. The van der Waals surface area contributed by atoms with E-state index in [0.29, 0.717) is 31.7 Å². The lowest BCUT2D eigenvalue weighted by Crippen LogP contribution is -2.55. The summed E-state index contributed by atoms with van der Waals surface area (Å²) in [6, 6.07) is 5.70. The Labute approximate surface area is 156 Å². The van der Waals surface area contributed by atoms with Gasteiger partial charge in [-0.3, -0.25) is 14.9 Å². The molecule has 1 aromatic carbocycles. The van der Waals surface area contributed by atoms with Gasteiger partial charge in [0, 0.05) is 49.6 Å². The summed E-state index contributed by atoms with van der Waals surface area (Å²) in [6.07, 6.45) is 1.46. The molecule has 3 rings (SSSR count). The van der Waals surface area contributed by atoms with Gasteiger partial charge in [0.15, 0.2) is 0 Å². The van der Waals surface area contributed by atoms with Gasteiger partial charge < -0.3 is 15.1 Å². The van der Waals surface area contributed by atoms with Crippen molar-refractivity contribution in [3.05, 3.63) is 39.9 Å². The normalized spacial score (nSPS) is 18.8. The molecule has 0 unspecified atom stereocenters. The number of carbonyl (C=O) groups is 2. The number of non-ortho nitro benzene ring substituents is 1. The summed E-state index contributed by atoms with van der Waals surface area (Å²) in [7, 11) is 0. The third-order valence-corrected chi connectivity index (χ3v) is 6.46. The zero-order chi connectivity index (χ0) is 18.7. The lowest BCUT2D eigenvalue weighted by molar-refractivity contribution is -0.384. The van der Waals surface area contributed by atoms with Crippen molar-refractivity contribution in [3.63, 3.8) is 0 Å². The van der Waals surface area contributed by atoms with Gasteiger partial charge in [-0.2, -0.15) is 0 Å². The van der Waals surface area contributed by atoms with Gasteiger partial charge in [-0.25, -0.2) is 4.79 Å². The van der Waals surface area contributed by atoms with Crippen LogP contribution in [0.5, 0.6) is 0 Å². The average molecular weight is 378 g/mol. The van der Waals surface area contributed by atoms with Crippen molar-refractivity contribution in [1.82, 2.24) is 15.1 Å². The highest BCUT2D eigenvalue weighted by molar-refractivity contribution is 8.00. The first kappa shape index (κ1) is 18.5. The minimum absolute atomic E-state index is 0.0256. The second kappa shape index (κ2) is 7.53. The minimum Gasteiger partial charge on any atom is -0.338 e.